The molecule has 0 fully saturated rings. The summed E-state index contributed by atoms with van der Waals surface area (Å²) in [4.78, 5) is 3.63. The fraction of sp³-hybridized carbons (Fsp3) is 0.424. The molecule has 2 aromatic carbocycles. The minimum atomic E-state index is 0.0242. The molecule has 41 heavy (non-hydrogen) atoms. The molecule has 8 heteroatoms. The maximum atomic E-state index is 8.84. The van der Waals surface area contributed by atoms with Gasteiger partial charge in [0.1, 0.15) is 12.2 Å². The molecular weight excluding hydrogens is 530 g/mol. The first kappa shape index (κ1) is 29.3. The molecule has 0 bridgehead atoms. The van der Waals surface area contributed by atoms with Crippen molar-refractivity contribution in [3.05, 3.63) is 82.8 Å². The Morgan fingerprint density at radius 1 is 1.02 bits per heavy atom. The predicted octanol–water partition coefficient (Wildman–Crippen LogP) is 6.37. The molecule has 1 aliphatic heterocycles. The van der Waals surface area contributed by atoms with Gasteiger partial charge in [-0.25, -0.2) is 0 Å². The number of hydrogen-bond donors (Lipinski definition) is 1. The van der Waals surface area contributed by atoms with E-state index in [-0.39, 0.29) is 6.61 Å². The Bertz CT molecular complexity index is 1470. The van der Waals surface area contributed by atoms with Crippen LogP contribution in [0.4, 0.5) is 5.69 Å². The molecule has 0 atom stereocenters. The molecule has 216 valence electrons. The van der Waals surface area contributed by atoms with E-state index in [0.717, 1.165) is 44.5 Å². The fourth-order valence-electron chi connectivity index (χ4n) is 5.42. The number of para-hydroxylation sites is 2. The summed E-state index contributed by atoms with van der Waals surface area (Å²) in [6.07, 6.45) is 12.4. The number of aromatic nitrogens is 4. The lowest BCUT2D eigenvalue weighted by atomic mass is 10.0. The largest absolute Gasteiger partial charge is 0.394 e. The van der Waals surface area contributed by atoms with Crippen LogP contribution < -0.4 is 9.47 Å². The third-order valence-electron chi connectivity index (χ3n) is 7.60. The van der Waals surface area contributed by atoms with Gasteiger partial charge in [-0.1, -0.05) is 61.0 Å². The number of ether oxygens (including phenoxy) is 1. The zero-order valence-electron chi connectivity index (χ0n) is 24.3. The van der Waals surface area contributed by atoms with Crippen molar-refractivity contribution in [3.63, 3.8) is 0 Å². The number of aliphatic hydroxyl groups is 1. The van der Waals surface area contributed by atoms with E-state index >= 15 is 0 Å². The van der Waals surface area contributed by atoms with E-state index in [1.807, 2.05) is 22.6 Å². The second-order valence-corrected chi connectivity index (χ2v) is 11.7. The van der Waals surface area contributed by atoms with E-state index in [2.05, 4.69) is 94.4 Å². The summed E-state index contributed by atoms with van der Waals surface area (Å²) >= 11 is 1.86. The molecule has 0 radical (unpaired) electrons. The Hall–Kier alpha value is -3.20. The summed E-state index contributed by atoms with van der Waals surface area (Å²) in [7, 11) is 2.17. The van der Waals surface area contributed by atoms with E-state index in [4.69, 9.17) is 9.84 Å². The molecule has 4 aromatic rings. The van der Waals surface area contributed by atoms with E-state index in [9.17, 15) is 0 Å². The van der Waals surface area contributed by atoms with Crippen molar-refractivity contribution in [3.8, 4) is 0 Å². The normalized spacial score (nSPS) is 13.9. The molecule has 0 aliphatic carbocycles. The molecule has 1 aliphatic rings. The topological polar surface area (TPSA) is 67.3 Å². The Labute approximate surface area is 247 Å². The first-order valence-electron chi connectivity index (χ1n) is 14.9. The van der Waals surface area contributed by atoms with Gasteiger partial charge >= 0.3 is 0 Å². The van der Waals surface area contributed by atoms with Crippen LogP contribution in [-0.4, -0.2) is 40.4 Å². The van der Waals surface area contributed by atoms with Crippen LogP contribution >= 0.6 is 11.8 Å². The standard InChI is InChI=1S/C33H42N5O2S/c1-3-4-13-28-22-26(23-33-36(2)31-16-9-10-17-32(31)41-33)29-14-7-8-15-30(29)38(28)19-12-6-5-11-18-37-24-27(34-35-37)25-40-21-20-39/h7-10,14-17,22-24,39H,3-6,11-13,18-21,25H2,1-2H3/q+1. The van der Waals surface area contributed by atoms with E-state index in [1.54, 1.807) is 0 Å². The molecule has 0 unspecified atom stereocenters. The van der Waals surface area contributed by atoms with Crippen LogP contribution in [0.1, 0.15) is 62.4 Å². The second kappa shape index (κ2) is 14.6. The molecule has 7 nitrogen and oxygen atoms in total. The van der Waals surface area contributed by atoms with Crippen molar-refractivity contribution in [2.75, 3.05) is 25.2 Å². The van der Waals surface area contributed by atoms with Crippen LogP contribution in [0.5, 0.6) is 0 Å². The molecule has 0 amide bonds. The average molecular weight is 573 g/mol. The second-order valence-electron chi connectivity index (χ2n) is 10.6. The Kier molecular flexibility index (Phi) is 10.4. The first-order chi connectivity index (χ1) is 20.2. The molecule has 5 rings (SSSR count). The van der Waals surface area contributed by atoms with Crippen LogP contribution in [0, 0.1) is 0 Å². The van der Waals surface area contributed by atoms with Gasteiger partial charge in [0.25, 0.3) is 0 Å². The van der Waals surface area contributed by atoms with Gasteiger partial charge in [-0.15, -0.1) is 5.10 Å². The Morgan fingerprint density at radius 3 is 2.71 bits per heavy atom. The number of benzene rings is 2. The fourth-order valence-corrected chi connectivity index (χ4v) is 6.53. The van der Waals surface area contributed by atoms with Gasteiger partial charge in [0, 0.05) is 43.5 Å². The van der Waals surface area contributed by atoms with Gasteiger partial charge in [-0.3, -0.25) is 4.68 Å². The van der Waals surface area contributed by atoms with Gasteiger partial charge in [0.2, 0.25) is 5.52 Å². The van der Waals surface area contributed by atoms with Gasteiger partial charge in [0.05, 0.1) is 42.1 Å². The van der Waals surface area contributed by atoms with E-state index in [1.165, 1.54) is 57.0 Å². The van der Waals surface area contributed by atoms with Crippen LogP contribution in [-0.2, 0) is 30.9 Å². The monoisotopic (exact) mass is 572 g/mol. The minimum absolute atomic E-state index is 0.0242. The summed E-state index contributed by atoms with van der Waals surface area (Å²) in [6, 6.07) is 20.0. The zero-order valence-corrected chi connectivity index (χ0v) is 25.2. The average Bonchev–Trinajstić information content (AvgIpc) is 3.58. The van der Waals surface area contributed by atoms with Gasteiger partial charge in [-0.05, 0) is 49.1 Å². The van der Waals surface area contributed by atoms with E-state index in [0.29, 0.717) is 13.2 Å². The summed E-state index contributed by atoms with van der Waals surface area (Å²) in [5.41, 5.74) is 6.15. The summed E-state index contributed by atoms with van der Waals surface area (Å²) < 4.78 is 9.80. The summed E-state index contributed by atoms with van der Waals surface area (Å²) in [5, 5.41) is 19.8. The molecule has 0 saturated carbocycles. The summed E-state index contributed by atoms with van der Waals surface area (Å²) in [6.45, 7) is 4.92. The number of aliphatic hydroxyl groups excluding tert-OH is 1. The minimum Gasteiger partial charge on any atom is -0.394 e. The van der Waals surface area contributed by atoms with Gasteiger partial charge in [-0.2, -0.15) is 4.57 Å². The number of nitrogens with zero attached hydrogens (tertiary/aromatic N) is 5. The van der Waals surface area contributed by atoms with Crippen molar-refractivity contribution in [2.24, 2.45) is 0 Å². The van der Waals surface area contributed by atoms with Gasteiger partial charge < -0.3 is 14.7 Å². The number of fused-ring (bicyclic) bond motifs is 2. The Balaban J connectivity index is 1.25. The third-order valence-corrected chi connectivity index (χ3v) is 8.77. The van der Waals surface area contributed by atoms with Crippen molar-refractivity contribution in [2.45, 2.75) is 76.5 Å². The van der Waals surface area contributed by atoms with Crippen LogP contribution in [0.25, 0.3) is 17.0 Å². The van der Waals surface area contributed by atoms with Crippen molar-refractivity contribution < 1.29 is 14.4 Å². The lowest BCUT2D eigenvalue weighted by molar-refractivity contribution is -0.679. The van der Waals surface area contributed by atoms with Crippen LogP contribution in [0.15, 0.2) is 70.7 Å². The highest BCUT2D eigenvalue weighted by Crippen LogP contribution is 2.45. The number of rotatable bonds is 15. The number of thioether (sulfide) groups is 1. The maximum absolute atomic E-state index is 8.84. The number of pyridine rings is 1. The van der Waals surface area contributed by atoms with Gasteiger partial charge in [0.15, 0.2) is 5.69 Å². The molecule has 0 saturated heterocycles. The first-order valence-corrected chi connectivity index (χ1v) is 15.7. The highest BCUT2D eigenvalue weighted by atomic mass is 32.2. The van der Waals surface area contributed by atoms with Crippen LogP contribution in [0.3, 0.4) is 0 Å². The SMILES string of the molecule is CCCCc1cc(C=C2Sc3ccccc3N2C)c2ccccc2[n+]1CCCCCCn1cc(COCCO)nn1. The van der Waals surface area contributed by atoms with Crippen LogP contribution in [0.2, 0.25) is 0 Å². The van der Waals surface area contributed by atoms with Crippen molar-refractivity contribution in [1.29, 1.82) is 0 Å². The molecule has 0 spiro atoms. The zero-order chi connectivity index (χ0) is 28.4. The summed E-state index contributed by atoms with van der Waals surface area (Å²) in [5.74, 6) is 0. The number of anilines is 1. The lowest BCUT2D eigenvalue weighted by Crippen LogP contribution is -2.39. The van der Waals surface area contributed by atoms with E-state index < -0.39 is 0 Å². The predicted molar refractivity (Wildman–Crippen MR) is 167 cm³/mol. The lowest BCUT2D eigenvalue weighted by Gasteiger charge is -2.15. The molecule has 2 aromatic heterocycles. The highest BCUT2D eigenvalue weighted by Gasteiger charge is 2.23. The van der Waals surface area contributed by atoms with Crippen molar-refractivity contribution >= 4 is 34.4 Å². The number of aryl methyl sites for hydroxylation is 3. The molecular formula is C33H42N5O2S+. The number of unbranched alkanes of at least 4 members (excludes halogenated alkanes) is 4. The third kappa shape index (κ3) is 7.36. The highest BCUT2D eigenvalue weighted by molar-refractivity contribution is 8.03. The van der Waals surface area contributed by atoms with Crippen molar-refractivity contribution in [1.82, 2.24) is 15.0 Å². The smallest absolute Gasteiger partial charge is 0.213 e. The maximum Gasteiger partial charge on any atom is 0.213 e. The molecule has 3 heterocycles. The number of hydrogen-bond acceptors (Lipinski definition) is 6. The molecule has 1 N–H and O–H groups in total. The Morgan fingerprint density at radius 2 is 1.85 bits per heavy atom. The quantitative estimate of drug-likeness (QED) is 0.132.